The Morgan fingerprint density at radius 2 is 1.69 bits per heavy atom. The van der Waals surface area contributed by atoms with Crippen LogP contribution in [0.4, 0.5) is 4.79 Å². The van der Waals surface area contributed by atoms with Gasteiger partial charge >= 0.3 is 11.8 Å². The summed E-state index contributed by atoms with van der Waals surface area (Å²) in [5.41, 5.74) is 4.79. The summed E-state index contributed by atoms with van der Waals surface area (Å²) < 4.78 is 38.2. The molecule has 0 saturated carbocycles. The van der Waals surface area contributed by atoms with Gasteiger partial charge in [0.05, 0.1) is 60.9 Å². The van der Waals surface area contributed by atoms with Gasteiger partial charge in [0.1, 0.15) is 11.3 Å². The molecule has 8 rings (SSSR count). The number of nitrogens with zero attached hydrogens (tertiary/aromatic N) is 6. The zero-order valence-corrected chi connectivity index (χ0v) is 34.9. The van der Waals surface area contributed by atoms with Crippen molar-refractivity contribution in [2.75, 3.05) is 20.8 Å². The monoisotopic (exact) mass is 862 g/mol. The summed E-state index contributed by atoms with van der Waals surface area (Å²) in [6, 6.07) is 16.8. The Morgan fingerprint density at radius 1 is 0.935 bits per heavy atom. The predicted molar refractivity (Wildman–Crippen MR) is 232 cm³/mol. The van der Waals surface area contributed by atoms with Crippen LogP contribution < -0.4 is 25.0 Å². The number of para-hydroxylation sites is 2. The zero-order valence-electron chi connectivity index (χ0n) is 34.1. The van der Waals surface area contributed by atoms with Crippen molar-refractivity contribution in [1.82, 2.24) is 44.5 Å². The van der Waals surface area contributed by atoms with Crippen molar-refractivity contribution in [3.8, 4) is 62.9 Å². The third-order valence-corrected chi connectivity index (χ3v) is 11.9. The van der Waals surface area contributed by atoms with Gasteiger partial charge in [-0.05, 0) is 79.1 Å². The van der Waals surface area contributed by atoms with E-state index in [9.17, 15) is 24.0 Å². The Balaban J connectivity index is 1.11. The van der Waals surface area contributed by atoms with Crippen LogP contribution in [0.1, 0.15) is 43.1 Å². The van der Waals surface area contributed by atoms with Crippen LogP contribution in [0.5, 0.6) is 28.7 Å². The molecule has 4 aromatic heterocycles. The molecular formula is C42H42N10O9S. The number of aryl methyl sites for hydroxylation is 1. The highest BCUT2D eigenvalue weighted by atomic mass is 32.2. The van der Waals surface area contributed by atoms with Crippen molar-refractivity contribution >= 4 is 43.2 Å². The lowest BCUT2D eigenvalue weighted by Gasteiger charge is -2.15. The van der Waals surface area contributed by atoms with E-state index in [0.29, 0.717) is 51.6 Å². The van der Waals surface area contributed by atoms with Crippen LogP contribution in [0.15, 0.2) is 78.0 Å². The van der Waals surface area contributed by atoms with Gasteiger partial charge in [-0.2, -0.15) is 5.10 Å². The molecule has 0 bridgehead atoms. The molecule has 0 fully saturated rings. The number of rotatable bonds is 13. The van der Waals surface area contributed by atoms with Crippen LogP contribution in [0.2, 0.25) is 0 Å². The van der Waals surface area contributed by atoms with E-state index in [0.717, 1.165) is 16.5 Å². The number of nitrogens with two attached hydrogens (primary N) is 1. The number of nitrogens with one attached hydrogen (secondary N) is 3. The first-order valence-corrected chi connectivity index (χ1v) is 21.1. The first-order valence-electron chi connectivity index (χ1n) is 19.2. The molecule has 0 aliphatic carbocycles. The van der Waals surface area contributed by atoms with Crippen molar-refractivity contribution in [2.24, 2.45) is 5.14 Å². The highest BCUT2D eigenvalue weighted by Gasteiger charge is 2.25. The predicted octanol–water partition coefficient (Wildman–Crippen LogP) is 5.76. The first-order chi connectivity index (χ1) is 29.8. The molecule has 2 unspecified atom stereocenters. The maximum atomic E-state index is 14.3. The number of carbonyl (C=O) groups is 1. The number of fused-ring (bicyclic) bond motifs is 2. The van der Waals surface area contributed by atoms with E-state index in [-0.39, 0.29) is 58.4 Å². The van der Waals surface area contributed by atoms with Gasteiger partial charge < -0.3 is 39.1 Å². The number of H-pyrrole nitrogens is 3. The van der Waals surface area contributed by atoms with E-state index in [2.05, 4.69) is 35.3 Å². The third kappa shape index (κ3) is 7.56. The highest BCUT2D eigenvalue weighted by molar-refractivity contribution is 7.98. The average Bonchev–Trinajstić information content (AvgIpc) is 4.06. The second kappa shape index (κ2) is 16.5. The van der Waals surface area contributed by atoms with Crippen LogP contribution in [0, 0.1) is 6.92 Å². The number of methoxy groups -OCH3 is 2. The summed E-state index contributed by atoms with van der Waals surface area (Å²) in [6.45, 7) is 5.51. The molecule has 320 valence electrons. The molecule has 4 aromatic carbocycles. The normalized spacial score (nSPS) is 12.9. The Morgan fingerprint density at radius 3 is 2.47 bits per heavy atom. The Kier molecular flexibility index (Phi) is 10.9. The van der Waals surface area contributed by atoms with Gasteiger partial charge in [0, 0.05) is 32.9 Å². The van der Waals surface area contributed by atoms with Crippen molar-refractivity contribution in [1.29, 1.82) is 0 Å². The van der Waals surface area contributed by atoms with E-state index in [1.165, 1.54) is 30.9 Å². The third-order valence-electron chi connectivity index (χ3n) is 10.4. The Hall–Kier alpha value is -7.58. The average molecular weight is 863 g/mol. The summed E-state index contributed by atoms with van der Waals surface area (Å²) in [6.07, 6.45) is 2.73. The number of phenols is 2. The fraction of sp³-hybridized carbons (Fsp3) is 0.214. The summed E-state index contributed by atoms with van der Waals surface area (Å²) in [7, 11) is -0.361. The number of benzene rings is 4. The molecule has 0 aliphatic rings. The smallest absolute Gasteiger partial charge is 0.507 e. The second-order valence-electron chi connectivity index (χ2n) is 14.4. The number of imidazole rings is 1. The number of aromatic nitrogens is 9. The van der Waals surface area contributed by atoms with Gasteiger partial charge in [-0.1, -0.05) is 25.1 Å². The van der Waals surface area contributed by atoms with Crippen LogP contribution in [-0.2, 0) is 20.2 Å². The number of ether oxygens (including phenoxy) is 4. The fourth-order valence-electron chi connectivity index (χ4n) is 7.40. The molecule has 4 heterocycles. The molecule has 20 heteroatoms. The van der Waals surface area contributed by atoms with Crippen LogP contribution in [0.25, 0.3) is 56.1 Å². The first kappa shape index (κ1) is 41.2. The van der Waals surface area contributed by atoms with Gasteiger partial charge in [-0.15, -0.1) is 10.2 Å². The second-order valence-corrected chi connectivity index (χ2v) is 16.5. The molecule has 7 N–H and O–H groups in total. The van der Waals surface area contributed by atoms with Crippen LogP contribution in [-0.4, -0.2) is 91.3 Å². The summed E-state index contributed by atoms with van der Waals surface area (Å²) >= 11 is 0. The molecule has 0 saturated heterocycles. The largest absolute Gasteiger partial charge is 0.513 e. The number of carbonyl (C=O) groups excluding carboxylic acids is 1. The topological polar surface area (TPSA) is 263 Å². The molecule has 0 spiro atoms. The molecular weight excluding hydrogens is 821 g/mol. The Labute approximate surface area is 353 Å². The van der Waals surface area contributed by atoms with Crippen molar-refractivity contribution < 1.29 is 38.2 Å². The maximum Gasteiger partial charge on any atom is 0.513 e. The number of hydrogen-bond donors (Lipinski definition) is 6. The molecule has 0 aliphatic heterocycles. The lowest BCUT2D eigenvalue weighted by atomic mass is 9.98. The van der Waals surface area contributed by atoms with E-state index in [4.69, 9.17) is 24.1 Å². The van der Waals surface area contributed by atoms with E-state index in [1.54, 1.807) is 47.5 Å². The highest BCUT2D eigenvalue weighted by Crippen LogP contribution is 2.41. The van der Waals surface area contributed by atoms with Crippen LogP contribution in [0.3, 0.4) is 0 Å². The number of hydrogen-bond acceptors (Lipinski definition) is 13. The van der Waals surface area contributed by atoms with Gasteiger partial charge in [0.15, 0.2) is 40.5 Å². The van der Waals surface area contributed by atoms with Gasteiger partial charge in [0.2, 0.25) is 0 Å². The van der Waals surface area contributed by atoms with Gasteiger partial charge in [-0.3, -0.25) is 13.9 Å². The minimum atomic E-state index is -3.18. The van der Waals surface area contributed by atoms with Crippen molar-refractivity contribution in [3.63, 3.8) is 0 Å². The maximum absolute atomic E-state index is 14.3. The van der Waals surface area contributed by atoms with E-state index < -0.39 is 21.6 Å². The number of phenolic OH excluding ortho intramolecular Hbond substituents is 2. The summed E-state index contributed by atoms with van der Waals surface area (Å²) in [4.78, 5) is 36.3. The van der Waals surface area contributed by atoms with E-state index in [1.807, 2.05) is 44.3 Å². The van der Waals surface area contributed by atoms with Gasteiger partial charge in [0.25, 0.3) is 0 Å². The van der Waals surface area contributed by atoms with Gasteiger partial charge in [-0.25, -0.2) is 24.2 Å². The van der Waals surface area contributed by atoms with E-state index >= 15 is 0 Å². The van der Waals surface area contributed by atoms with Crippen molar-refractivity contribution in [2.45, 2.75) is 38.9 Å². The summed E-state index contributed by atoms with van der Waals surface area (Å²) in [5.74, 6) is 0.315. The molecule has 0 amide bonds. The molecule has 2 atom stereocenters. The lowest BCUT2D eigenvalue weighted by molar-refractivity contribution is 0.103. The Bertz CT molecular complexity index is 3190. The minimum Gasteiger partial charge on any atom is -0.507 e. The quantitative estimate of drug-likeness (QED) is 0.0458. The zero-order chi connectivity index (χ0) is 43.9. The SMILES string of the molecule is CCOC(=O)Oc1cc(O)c(-c2n[nH]c(=O)n2-c2cccc3c(C(C)CC=S(N)(=O)Cc4nnc(-c5cc(OC)c(O)cc5C)n4-c4cccc5[nH]cnc45)c[nH]c23)cc1OC. The molecule has 62 heavy (non-hydrogen) atoms. The number of aromatic hydroxyl groups is 2. The minimum absolute atomic E-state index is 0.0254. The molecule has 19 nitrogen and oxygen atoms in total. The lowest BCUT2D eigenvalue weighted by Crippen LogP contribution is -2.21. The number of aromatic amines is 3. The molecule has 8 aromatic rings. The van der Waals surface area contributed by atoms with Crippen molar-refractivity contribution in [3.05, 3.63) is 101 Å². The molecule has 0 radical (unpaired) electrons. The summed E-state index contributed by atoms with van der Waals surface area (Å²) in [5, 5.41) is 46.2. The standard InChI is InChI=1S/C42H42N10O9S/c1-6-60-42(56)61-35-18-31(53)26(17-34(35)59-5)40-49-50-41(55)52(40)29-11-7-9-24-27(19-44-37(24)29)22(2)13-14-62(43,57)20-36-47-48-39(25-16-33(58-4)32(54)15-23(25)3)51(36)30-12-8-10-28-38(30)46-21-45-28/h7-12,14-19,21-22,44,53-54H,6,13,20H2,1-5H3,(H2,43,57)(H,45,46)(H,50,55). The fourth-order valence-corrected chi connectivity index (χ4v) is 8.72. The van der Waals surface area contributed by atoms with Crippen LogP contribution >= 0.6 is 0 Å².